The van der Waals surface area contributed by atoms with Crippen molar-refractivity contribution in [2.75, 3.05) is 19.0 Å². The van der Waals surface area contributed by atoms with Crippen LogP contribution in [-0.2, 0) is 15.8 Å². The van der Waals surface area contributed by atoms with Crippen molar-refractivity contribution in [2.45, 2.75) is 6.73 Å². The lowest BCUT2D eigenvalue weighted by Crippen LogP contribution is -2.08. The highest BCUT2D eigenvalue weighted by atomic mass is 79.9. The van der Waals surface area contributed by atoms with Crippen LogP contribution in [0.25, 0.3) is 22.5 Å². The van der Waals surface area contributed by atoms with Crippen molar-refractivity contribution in [1.82, 2.24) is 9.78 Å². The molecule has 0 bridgehead atoms. The summed E-state index contributed by atoms with van der Waals surface area (Å²) in [5.74, 6) is 0. The Balaban J connectivity index is 2.02. The van der Waals surface area contributed by atoms with Gasteiger partial charge in [0.25, 0.3) is 0 Å². The van der Waals surface area contributed by atoms with E-state index >= 15 is 0 Å². The fraction of sp³-hybridized carbons (Fsp3) is 0.167. The van der Waals surface area contributed by atoms with E-state index in [1.807, 2.05) is 73.6 Å². The second kappa shape index (κ2) is 7.96. The molecule has 0 spiro atoms. The van der Waals surface area contributed by atoms with Crippen LogP contribution in [-0.4, -0.2) is 33.7 Å². The molecule has 0 aliphatic heterocycles. The summed E-state index contributed by atoms with van der Waals surface area (Å²) in [4.78, 5) is 20.1. The van der Waals surface area contributed by atoms with Crippen molar-refractivity contribution in [3.05, 3.63) is 59.1 Å². The molecule has 27 heavy (non-hydrogen) atoms. The summed E-state index contributed by atoms with van der Waals surface area (Å²) >= 11 is 3.44. The van der Waals surface area contributed by atoms with Crippen LogP contribution in [0, 0.1) is 0 Å². The Hall–Kier alpha value is -1.96. The molecule has 1 aromatic heterocycles. The first-order valence-electron chi connectivity index (χ1n) is 8.04. The zero-order valence-corrected chi connectivity index (χ0v) is 17.3. The molecule has 0 saturated carbocycles. The minimum atomic E-state index is -4.61. The number of anilines is 1. The SMILES string of the molecule is CN(C)c1ccc(-c2cc(-c3cccc(Br)c3)nn2COP(=O)(O)O)cc1. The fourth-order valence-electron chi connectivity index (χ4n) is 2.60. The minimum Gasteiger partial charge on any atom is -0.378 e. The molecule has 0 unspecified atom stereocenters. The van der Waals surface area contributed by atoms with Gasteiger partial charge in [0.15, 0.2) is 6.73 Å². The fourth-order valence-corrected chi connectivity index (χ4v) is 3.26. The maximum absolute atomic E-state index is 11.1. The summed E-state index contributed by atoms with van der Waals surface area (Å²) < 4.78 is 18.1. The predicted molar refractivity (Wildman–Crippen MR) is 108 cm³/mol. The van der Waals surface area contributed by atoms with Crippen LogP contribution in [0.3, 0.4) is 0 Å². The number of phosphoric acid groups is 1. The molecule has 9 heteroatoms. The van der Waals surface area contributed by atoms with Crippen LogP contribution in [0.4, 0.5) is 5.69 Å². The van der Waals surface area contributed by atoms with Crippen LogP contribution in [0.2, 0.25) is 0 Å². The molecule has 0 aliphatic rings. The van der Waals surface area contributed by atoms with E-state index < -0.39 is 7.82 Å². The van der Waals surface area contributed by atoms with Crippen molar-refractivity contribution in [1.29, 1.82) is 0 Å². The lowest BCUT2D eigenvalue weighted by Gasteiger charge is -2.13. The van der Waals surface area contributed by atoms with Gasteiger partial charge in [-0.2, -0.15) is 5.10 Å². The summed E-state index contributed by atoms with van der Waals surface area (Å²) in [5, 5.41) is 4.48. The standard InChI is InChI=1S/C18H19BrN3O4P/c1-21(2)16-8-6-13(7-9-16)18-11-17(14-4-3-5-15(19)10-14)20-22(18)12-26-27(23,24)25/h3-11H,12H2,1-2H3,(H2,23,24,25). The van der Waals surface area contributed by atoms with E-state index in [4.69, 9.17) is 9.79 Å². The second-order valence-corrected chi connectivity index (χ2v) is 8.27. The summed E-state index contributed by atoms with van der Waals surface area (Å²) in [6.07, 6.45) is 0. The number of hydrogen-bond donors (Lipinski definition) is 2. The van der Waals surface area contributed by atoms with Crippen molar-refractivity contribution in [3.8, 4) is 22.5 Å². The molecule has 0 aliphatic carbocycles. The number of hydrogen-bond acceptors (Lipinski definition) is 4. The van der Waals surface area contributed by atoms with Crippen LogP contribution >= 0.6 is 23.8 Å². The molecule has 2 N–H and O–H groups in total. The van der Waals surface area contributed by atoms with Gasteiger partial charge in [-0.15, -0.1) is 0 Å². The summed E-state index contributed by atoms with van der Waals surface area (Å²) in [6, 6.07) is 17.3. The van der Waals surface area contributed by atoms with Crippen LogP contribution in [0.15, 0.2) is 59.1 Å². The molecular formula is C18H19BrN3O4P. The van der Waals surface area contributed by atoms with Crippen molar-refractivity contribution >= 4 is 29.4 Å². The maximum Gasteiger partial charge on any atom is 0.471 e. The van der Waals surface area contributed by atoms with Gasteiger partial charge in [0.05, 0.1) is 11.4 Å². The topological polar surface area (TPSA) is 87.8 Å². The Bertz CT molecular complexity index is 983. The monoisotopic (exact) mass is 451 g/mol. The lowest BCUT2D eigenvalue weighted by molar-refractivity contribution is 0.147. The Labute approximate surface area is 165 Å². The highest BCUT2D eigenvalue weighted by Crippen LogP contribution is 2.37. The maximum atomic E-state index is 11.1. The van der Waals surface area contributed by atoms with E-state index in [1.165, 1.54) is 4.68 Å². The summed E-state index contributed by atoms with van der Waals surface area (Å²) in [5.41, 5.74) is 4.17. The normalized spacial score (nSPS) is 11.6. The van der Waals surface area contributed by atoms with Gasteiger partial charge >= 0.3 is 7.82 Å². The minimum absolute atomic E-state index is 0.358. The molecule has 2 aromatic carbocycles. The molecule has 0 fully saturated rings. The number of rotatable bonds is 6. The Morgan fingerprint density at radius 1 is 1.11 bits per heavy atom. The molecule has 142 valence electrons. The third-order valence-electron chi connectivity index (χ3n) is 3.93. The molecule has 0 amide bonds. The first-order chi connectivity index (χ1) is 12.7. The Morgan fingerprint density at radius 3 is 2.41 bits per heavy atom. The molecule has 3 rings (SSSR count). The zero-order valence-electron chi connectivity index (χ0n) is 14.8. The quantitative estimate of drug-likeness (QED) is 0.548. The van der Waals surface area contributed by atoms with Gasteiger partial charge in [-0.05, 0) is 30.3 Å². The molecule has 3 aromatic rings. The van der Waals surface area contributed by atoms with Crippen molar-refractivity contribution < 1.29 is 18.9 Å². The predicted octanol–water partition coefficient (Wildman–Crippen LogP) is 4.11. The van der Waals surface area contributed by atoms with E-state index in [9.17, 15) is 4.57 Å². The molecule has 7 nitrogen and oxygen atoms in total. The van der Waals surface area contributed by atoms with Crippen LogP contribution < -0.4 is 4.90 Å². The number of nitrogens with zero attached hydrogens (tertiary/aromatic N) is 3. The smallest absolute Gasteiger partial charge is 0.378 e. The summed E-state index contributed by atoms with van der Waals surface area (Å²) in [6.45, 7) is -0.358. The average molecular weight is 452 g/mol. The molecule has 1 heterocycles. The highest BCUT2D eigenvalue weighted by molar-refractivity contribution is 9.10. The number of aromatic nitrogens is 2. The van der Waals surface area contributed by atoms with Gasteiger partial charge in [0.2, 0.25) is 0 Å². The van der Waals surface area contributed by atoms with E-state index in [-0.39, 0.29) is 6.73 Å². The molecule has 0 radical (unpaired) electrons. The number of phosphoric ester groups is 1. The van der Waals surface area contributed by atoms with Gasteiger partial charge in [-0.1, -0.05) is 40.2 Å². The second-order valence-electron chi connectivity index (χ2n) is 6.11. The Morgan fingerprint density at radius 2 is 1.81 bits per heavy atom. The lowest BCUT2D eigenvalue weighted by atomic mass is 10.1. The summed E-state index contributed by atoms with van der Waals surface area (Å²) in [7, 11) is -0.695. The third kappa shape index (κ3) is 5.06. The van der Waals surface area contributed by atoms with E-state index in [0.717, 1.165) is 21.3 Å². The molecular weight excluding hydrogens is 433 g/mol. The van der Waals surface area contributed by atoms with Gasteiger partial charge in [0.1, 0.15) is 0 Å². The number of halogens is 1. The van der Waals surface area contributed by atoms with Gasteiger partial charge in [0, 0.05) is 35.4 Å². The van der Waals surface area contributed by atoms with E-state index in [2.05, 4.69) is 25.6 Å². The van der Waals surface area contributed by atoms with Gasteiger partial charge in [-0.3, -0.25) is 4.52 Å². The van der Waals surface area contributed by atoms with Crippen molar-refractivity contribution in [3.63, 3.8) is 0 Å². The largest absolute Gasteiger partial charge is 0.471 e. The first-order valence-corrected chi connectivity index (χ1v) is 10.4. The van der Waals surface area contributed by atoms with Crippen LogP contribution in [0.1, 0.15) is 0 Å². The number of benzene rings is 2. The Kier molecular flexibility index (Phi) is 5.83. The molecule has 0 saturated heterocycles. The molecule has 0 atom stereocenters. The van der Waals surface area contributed by atoms with Gasteiger partial charge < -0.3 is 14.7 Å². The van der Waals surface area contributed by atoms with Crippen LogP contribution in [0.5, 0.6) is 0 Å². The average Bonchev–Trinajstić information content (AvgIpc) is 3.04. The highest BCUT2D eigenvalue weighted by Gasteiger charge is 2.18. The van der Waals surface area contributed by atoms with E-state index in [1.54, 1.807) is 0 Å². The van der Waals surface area contributed by atoms with E-state index in [0.29, 0.717) is 11.4 Å². The van der Waals surface area contributed by atoms with Gasteiger partial charge in [-0.25, -0.2) is 9.25 Å². The zero-order chi connectivity index (χ0) is 19.6. The third-order valence-corrected chi connectivity index (χ3v) is 4.87. The van der Waals surface area contributed by atoms with Crippen molar-refractivity contribution in [2.24, 2.45) is 0 Å². The first kappa shape index (κ1) is 19.8.